The zero-order valence-electron chi connectivity index (χ0n) is 6.99. The molecule has 2 aromatic rings. The lowest BCUT2D eigenvalue weighted by molar-refractivity contribution is -0.144. The first-order chi connectivity index (χ1) is 6.88. The Morgan fingerprint density at radius 2 is 1.93 bits per heavy atom. The van der Waals surface area contributed by atoms with Crippen LogP contribution in [-0.4, -0.2) is 9.97 Å². The number of benzene rings is 1. The first kappa shape index (κ1) is 10.2. The molecule has 0 saturated heterocycles. The quantitative estimate of drug-likeness (QED) is 0.701. The van der Waals surface area contributed by atoms with Gasteiger partial charge in [-0.15, -0.1) is 0 Å². The number of halogens is 5. The summed E-state index contributed by atoms with van der Waals surface area (Å²) in [5.74, 6) is -1.96. The summed E-state index contributed by atoms with van der Waals surface area (Å²) in [7, 11) is 0. The highest BCUT2D eigenvalue weighted by Crippen LogP contribution is 2.29. The average molecular weight is 239 g/mol. The van der Waals surface area contributed by atoms with Gasteiger partial charge in [-0.2, -0.15) is 13.2 Å². The minimum Gasteiger partial charge on any atom is -0.334 e. The molecule has 0 saturated carbocycles. The van der Waals surface area contributed by atoms with E-state index in [4.69, 9.17) is 11.6 Å². The number of H-pyrrole nitrogens is 1. The van der Waals surface area contributed by atoms with Crippen molar-refractivity contribution >= 4 is 22.6 Å². The number of nitrogens with one attached hydrogen (secondary N) is 1. The predicted octanol–water partition coefficient (Wildman–Crippen LogP) is 3.37. The fourth-order valence-electron chi connectivity index (χ4n) is 1.14. The number of fused-ring (bicyclic) bond motifs is 1. The summed E-state index contributed by atoms with van der Waals surface area (Å²) in [6.45, 7) is 0. The van der Waals surface area contributed by atoms with Gasteiger partial charge >= 0.3 is 6.18 Å². The number of aromatic nitrogens is 2. The summed E-state index contributed by atoms with van der Waals surface area (Å²) >= 11 is 5.40. The van der Waals surface area contributed by atoms with E-state index in [9.17, 15) is 17.6 Å². The fraction of sp³-hybridized carbons (Fsp3) is 0.125. The van der Waals surface area contributed by atoms with Crippen LogP contribution in [0.3, 0.4) is 0 Å². The van der Waals surface area contributed by atoms with Gasteiger partial charge in [0.05, 0.1) is 16.1 Å². The van der Waals surface area contributed by atoms with Crippen molar-refractivity contribution in [2.45, 2.75) is 6.18 Å². The van der Waals surface area contributed by atoms with E-state index in [1.54, 1.807) is 0 Å². The maximum Gasteiger partial charge on any atom is 0.449 e. The number of hydrogen-bond donors (Lipinski definition) is 1. The van der Waals surface area contributed by atoms with E-state index in [1.165, 1.54) is 0 Å². The van der Waals surface area contributed by atoms with Crippen molar-refractivity contribution in [3.8, 4) is 0 Å². The highest BCUT2D eigenvalue weighted by Gasteiger charge is 2.34. The van der Waals surface area contributed by atoms with Gasteiger partial charge in [0, 0.05) is 6.07 Å². The lowest BCUT2D eigenvalue weighted by Gasteiger charge is -1.98. The molecule has 15 heavy (non-hydrogen) atoms. The molecule has 0 aliphatic rings. The number of rotatable bonds is 0. The molecule has 0 spiro atoms. The molecule has 0 atom stereocenters. The molecule has 1 heterocycles. The maximum atomic E-state index is 12.9. The summed E-state index contributed by atoms with van der Waals surface area (Å²) < 4.78 is 49.5. The third-order valence-electron chi connectivity index (χ3n) is 1.79. The van der Waals surface area contributed by atoms with Crippen LogP contribution in [0.15, 0.2) is 12.1 Å². The highest BCUT2D eigenvalue weighted by atomic mass is 35.5. The van der Waals surface area contributed by atoms with E-state index in [0.29, 0.717) is 0 Å². The second-order valence-corrected chi connectivity index (χ2v) is 3.27. The van der Waals surface area contributed by atoms with Crippen molar-refractivity contribution in [1.29, 1.82) is 0 Å². The van der Waals surface area contributed by atoms with E-state index in [-0.39, 0.29) is 16.1 Å². The number of hydrogen-bond acceptors (Lipinski definition) is 1. The molecule has 80 valence electrons. The van der Waals surface area contributed by atoms with Crippen molar-refractivity contribution in [3.63, 3.8) is 0 Å². The Morgan fingerprint density at radius 1 is 1.27 bits per heavy atom. The summed E-state index contributed by atoms with van der Waals surface area (Å²) in [6.07, 6.45) is -4.58. The lowest BCUT2D eigenvalue weighted by Crippen LogP contribution is -2.06. The molecule has 1 N–H and O–H groups in total. The summed E-state index contributed by atoms with van der Waals surface area (Å²) in [6, 6.07) is 1.91. The second-order valence-electron chi connectivity index (χ2n) is 2.87. The average Bonchev–Trinajstić information content (AvgIpc) is 2.47. The van der Waals surface area contributed by atoms with Gasteiger partial charge < -0.3 is 4.98 Å². The molecular formula is C8H3ClF4N2. The van der Waals surface area contributed by atoms with Crippen molar-refractivity contribution < 1.29 is 17.6 Å². The van der Waals surface area contributed by atoms with Gasteiger partial charge in [0.2, 0.25) is 5.82 Å². The maximum absolute atomic E-state index is 12.9. The summed E-state index contributed by atoms with van der Waals surface area (Å²) in [5.41, 5.74) is -0.0575. The molecule has 0 amide bonds. The van der Waals surface area contributed by atoms with Gasteiger partial charge in [0.15, 0.2) is 0 Å². The molecule has 0 radical (unpaired) electrons. The monoisotopic (exact) mass is 238 g/mol. The molecule has 0 bridgehead atoms. The zero-order chi connectivity index (χ0) is 11.2. The third kappa shape index (κ3) is 1.77. The van der Waals surface area contributed by atoms with Gasteiger partial charge in [-0.1, -0.05) is 11.6 Å². The largest absolute Gasteiger partial charge is 0.449 e. The molecule has 1 aromatic carbocycles. The van der Waals surface area contributed by atoms with Crippen LogP contribution in [0.25, 0.3) is 11.0 Å². The van der Waals surface area contributed by atoms with E-state index in [1.807, 2.05) is 4.98 Å². The van der Waals surface area contributed by atoms with Crippen LogP contribution in [0.1, 0.15) is 5.82 Å². The van der Waals surface area contributed by atoms with Gasteiger partial charge in [0.25, 0.3) is 0 Å². The Bertz CT molecular complexity index is 478. The topological polar surface area (TPSA) is 28.7 Å². The Labute approximate surface area is 85.9 Å². The minimum absolute atomic E-state index is 0.0197. The predicted molar refractivity (Wildman–Crippen MR) is 46.1 cm³/mol. The molecule has 1 aromatic heterocycles. The van der Waals surface area contributed by atoms with Crippen molar-refractivity contribution in [2.24, 2.45) is 0 Å². The zero-order valence-corrected chi connectivity index (χ0v) is 7.75. The van der Waals surface area contributed by atoms with Crippen molar-refractivity contribution in [1.82, 2.24) is 9.97 Å². The number of nitrogens with zero attached hydrogens (tertiary/aromatic N) is 1. The minimum atomic E-state index is -4.58. The summed E-state index contributed by atoms with van der Waals surface area (Å²) in [5, 5.41) is -0.261. The molecule has 7 heteroatoms. The van der Waals surface area contributed by atoms with Crippen LogP contribution < -0.4 is 0 Å². The van der Waals surface area contributed by atoms with Gasteiger partial charge in [-0.05, 0) is 6.07 Å². The Morgan fingerprint density at radius 3 is 2.53 bits per heavy atom. The Hall–Kier alpha value is -1.30. The van der Waals surface area contributed by atoms with E-state index in [2.05, 4.69) is 4.98 Å². The first-order valence-electron chi connectivity index (χ1n) is 3.80. The summed E-state index contributed by atoms with van der Waals surface area (Å²) in [4.78, 5) is 5.22. The van der Waals surface area contributed by atoms with Crippen LogP contribution in [0.4, 0.5) is 17.6 Å². The smallest absolute Gasteiger partial charge is 0.334 e. The van der Waals surface area contributed by atoms with Gasteiger partial charge in [-0.25, -0.2) is 9.37 Å². The van der Waals surface area contributed by atoms with E-state index in [0.717, 1.165) is 12.1 Å². The lowest BCUT2D eigenvalue weighted by atomic mass is 10.3. The van der Waals surface area contributed by atoms with Crippen molar-refractivity contribution in [3.05, 3.63) is 28.8 Å². The molecule has 0 aliphatic heterocycles. The normalized spacial score (nSPS) is 12.3. The van der Waals surface area contributed by atoms with Crippen LogP contribution >= 0.6 is 11.6 Å². The van der Waals surface area contributed by atoms with E-state index >= 15 is 0 Å². The molecule has 0 unspecified atom stereocenters. The van der Waals surface area contributed by atoms with Crippen LogP contribution in [0.2, 0.25) is 5.02 Å². The fourth-order valence-corrected chi connectivity index (χ4v) is 1.30. The van der Waals surface area contributed by atoms with Crippen LogP contribution in [0, 0.1) is 5.82 Å². The third-order valence-corrected chi connectivity index (χ3v) is 2.08. The van der Waals surface area contributed by atoms with Crippen molar-refractivity contribution in [2.75, 3.05) is 0 Å². The SMILES string of the molecule is Fc1cc2[nH]c(C(F)(F)F)nc2cc1Cl. The molecule has 2 nitrogen and oxygen atoms in total. The standard InChI is InChI=1S/C8H3ClF4N2/c9-3-1-5-6(2-4(3)10)15-7(14-5)8(11,12)13/h1-2H,(H,14,15). The molecule has 0 aliphatic carbocycles. The molecule has 2 rings (SSSR count). The number of alkyl halides is 3. The van der Waals surface area contributed by atoms with Crippen LogP contribution in [0.5, 0.6) is 0 Å². The second kappa shape index (κ2) is 3.10. The Kier molecular flexibility index (Phi) is 2.11. The van der Waals surface area contributed by atoms with Crippen LogP contribution in [-0.2, 0) is 6.18 Å². The van der Waals surface area contributed by atoms with Gasteiger partial charge in [-0.3, -0.25) is 0 Å². The van der Waals surface area contributed by atoms with E-state index < -0.39 is 17.8 Å². The van der Waals surface area contributed by atoms with Gasteiger partial charge in [0.1, 0.15) is 5.82 Å². The highest BCUT2D eigenvalue weighted by molar-refractivity contribution is 6.31. The Balaban J connectivity index is 2.66. The number of aromatic amines is 1. The molecule has 0 fully saturated rings. The first-order valence-corrected chi connectivity index (χ1v) is 4.17. The molecular weight excluding hydrogens is 236 g/mol. The number of imidazole rings is 1.